The summed E-state index contributed by atoms with van der Waals surface area (Å²) in [5, 5.41) is 11.2. The van der Waals surface area contributed by atoms with Crippen molar-refractivity contribution >= 4 is 23.3 Å². The minimum atomic E-state index is -1.17. The Morgan fingerprint density at radius 1 is 1.12 bits per heavy atom. The van der Waals surface area contributed by atoms with E-state index < -0.39 is 23.5 Å². The highest BCUT2D eigenvalue weighted by Gasteiger charge is 2.48. The number of nitrogens with zero attached hydrogens (tertiary/aromatic N) is 2. The summed E-state index contributed by atoms with van der Waals surface area (Å²) in [5.74, 6) is -1.98. The highest BCUT2D eigenvalue weighted by Crippen LogP contribution is 2.42. The average Bonchev–Trinajstić information content (AvgIpc) is 3.05. The first-order chi connectivity index (χ1) is 15.4. The van der Waals surface area contributed by atoms with Crippen molar-refractivity contribution in [3.05, 3.63) is 94.9 Å². The number of aliphatic hydroxyl groups excluding tert-OH is 1. The second-order valence-electron chi connectivity index (χ2n) is 7.29. The van der Waals surface area contributed by atoms with Crippen LogP contribution in [0.4, 0.5) is 10.2 Å². The van der Waals surface area contributed by atoms with Crippen LogP contribution < -0.4 is 9.64 Å². The van der Waals surface area contributed by atoms with Crippen molar-refractivity contribution in [1.82, 2.24) is 4.98 Å². The van der Waals surface area contributed by atoms with Crippen LogP contribution in [-0.4, -0.2) is 28.4 Å². The summed E-state index contributed by atoms with van der Waals surface area (Å²) in [4.78, 5) is 31.4. The number of halogens is 1. The van der Waals surface area contributed by atoms with Crippen molar-refractivity contribution in [3.63, 3.8) is 0 Å². The van der Waals surface area contributed by atoms with E-state index in [1.54, 1.807) is 49.4 Å². The number of pyridine rings is 1. The van der Waals surface area contributed by atoms with Gasteiger partial charge in [-0.1, -0.05) is 24.3 Å². The third kappa shape index (κ3) is 3.62. The zero-order valence-corrected chi connectivity index (χ0v) is 17.6. The maximum absolute atomic E-state index is 14.9. The second-order valence-corrected chi connectivity index (χ2v) is 7.29. The molecule has 3 aromatic rings. The van der Waals surface area contributed by atoms with Gasteiger partial charge in [-0.2, -0.15) is 0 Å². The van der Waals surface area contributed by atoms with Crippen molar-refractivity contribution in [3.8, 4) is 5.75 Å². The van der Waals surface area contributed by atoms with Crippen molar-refractivity contribution < 1.29 is 23.8 Å². The number of ether oxygens (including phenoxy) is 1. The molecule has 1 atom stereocenters. The van der Waals surface area contributed by atoms with Crippen LogP contribution >= 0.6 is 0 Å². The van der Waals surface area contributed by atoms with E-state index in [0.29, 0.717) is 23.5 Å². The van der Waals surface area contributed by atoms with Gasteiger partial charge < -0.3 is 9.84 Å². The molecule has 1 aromatic heterocycles. The Morgan fingerprint density at radius 2 is 1.88 bits per heavy atom. The van der Waals surface area contributed by atoms with E-state index in [1.165, 1.54) is 24.4 Å². The van der Waals surface area contributed by atoms with Crippen LogP contribution in [0.2, 0.25) is 0 Å². The molecule has 0 saturated carbocycles. The molecule has 1 saturated heterocycles. The second kappa shape index (κ2) is 8.63. The number of anilines is 1. The van der Waals surface area contributed by atoms with E-state index in [9.17, 15) is 19.1 Å². The lowest BCUT2D eigenvalue weighted by molar-refractivity contribution is -0.132. The number of Topliss-reactive ketones (excluding diaryl/α,β-unsaturated/α-hetero) is 1. The summed E-state index contributed by atoms with van der Waals surface area (Å²) in [6.45, 7) is 4.09. The highest BCUT2D eigenvalue weighted by molar-refractivity contribution is 6.51. The molecule has 1 aliphatic heterocycles. The Kier molecular flexibility index (Phi) is 5.73. The predicted octanol–water partition coefficient (Wildman–Crippen LogP) is 4.55. The van der Waals surface area contributed by atoms with Gasteiger partial charge in [0.1, 0.15) is 23.1 Å². The van der Waals surface area contributed by atoms with E-state index in [1.807, 2.05) is 6.92 Å². The summed E-state index contributed by atoms with van der Waals surface area (Å²) in [5.41, 5.74) is 0.888. The van der Waals surface area contributed by atoms with Gasteiger partial charge in [-0.05, 0) is 55.8 Å². The molecule has 4 rings (SSSR count). The molecule has 0 radical (unpaired) electrons. The molecular formula is C25H21FN2O4. The van der Waals surface area contributed by atoms with E-state index in [2.05, 4.69) is 4.98 Å². The van der Waals surface area contributed by atoms with Crippen LogP contribution in [0, 0.1) is 12.7 Å². The molecule has 1 amide bonds. The molecule has 1 unspecified atom stereocenters. The van der Waals surface area contributed by atoms with E-state index in [4.69, 9.17) is 4.74 Å². The highest BCUT2D eigenvalue weighted by atomic mass is 19.1. The summed E-state index contributed by atoms with van der Waals surface area (Å²) in [6, 6.07) is 14.6. The van der Waals surface area contributed by atoms with Crippen LogP contribution in [0.15, 0.2) is 72.4 Å². The fraction of sp³-hybridized carbons (Fsp3) is 0.160. The SMILES string of the molecule is CCOc1ccc(/C(O)=C2\C(=O)C(=O)N(c3ccccn3)C2c2ccccc2F)c(C)c1. The molecule has 0 spiro atoms. The quantitative estimate of drug-likeness (QED) is 0.363. The number of amides is 1. The van der Waals surface area contributed by atoms with Crippen molar-refractivity contribution in [2.75, 3.05) is 11.5 Å². The first-order valence-corrected chi connectivity index (χ1v) is 10.1. The Hall–Kier alpha value is -4.00. The van der Waals surface area contributed by atoms with Gasteiger partial charge in [-0.3, -0.25) is 14.5 Å². The molecule has 1 aliphatic rings. The number of hydrogen-bond acceptors (Lipinski definition) is 5. The topological polar surface area (TPSA) is 79.7 Å². The van der Waals surface area contributed by atoms with Gasteiger partial charge in [-0.25, -0.2) is 9.37 Å². The van der Waals surface area contributed by atoms with Crippen molar-refractivity contribution in [2.45, 2.75) is 19.9 Å². The number of benzene rings is 2. The summed E-state index contributed by atoms with van der Waals surface area (Å²) >= 11 is 0. The van der Waals surface area contributed by atoms with Crippen molar-refractivity contribution in [2.24, 2.45) is 0 Å². The smallest absolute Gasteiger partial charge is 0.301 e. The van der Waals surface area contributed by atoms with Gasteiger partial charge in [0.25, 0.3) is 5.78 Å². The molecule has 2 heterocycles. The minimum absolute atomic E-state index is 0.0856. The van der Waals surface area contributed by atoms with Crippen LogP contribution in [0.1, 0.15) is 29.7 Å². The zero-order chi connectivity index (χ0) is 22.8. The third-order valence-electron chi connectivity index (χ3n) is 5.30. The summed E-state index contributed by atoms with van der Waals surface area (Å²) in [7, 11) is 0. The Morgan fingerprint density at radius 3 is 2.53 bits per heavy atom. The molecule has 162 valence electrons. The van der Waals surface area contributed by atoms with Crippen molar-refractivity contribution in [1.29, 1.82) is 0 Å². The minimum Gasteiger partial charge on any atom is -0.507 e. The lowest BCUT2D eigenvalue weighted by Gasteiger charge is -2.24. The average molecular weight is 432 g/mol. The lowest BCUT2D eigenvalue weighted by Crippen LogP contribution is -2.30. The normalized spacial score (nSPS) is 17.6. The van der Waals surface area contributed by atoms with Crippen LogP contribution in [0.3, 0.4) is 0 Å². The maximum atomic E-state index is 14.9. The molecule has 1 N–H and O–H groups in total. The van der Waals surface area contributed by atoms with Gasteiger partial charge in [0.05, 0.1) is 18.2 Å². The maximum Gasteiger partial charge on any atom is 0.301 e. The van der Waals surface area contributed by atoms with Gasteiger partial charge in [0.2, 0.25) is 0 Å². The van der Waals surface area contributed by atoms with Crippen LogP contribution in [0.25, 0.3) is 5.76 Å². The molecule has 32 heavy (non-hydrogen) atoms. The molecule has 1 fully saturated rings. The van der Waals surface area contributed by atoms with E-state index in [0.717, 1.165) is 4.90 Å². The van der Waals surface area contributed by atoms with Gasteiger partial charge >= 0.3 is 5.91 Å². The van der Waals surface area contributed by atoms with Gasteiger partial charge in [0, 0.05) is 17.3 Å². The summed E-state index contributed by atoms with van der Waals surface area (Å²) < 4.78 is 20.3. The standard InChI is InChI=1S/C25H21FN2O4/c1-3-32-16-11-12-17(15(2)14-16)23(29)21-22(18-8-4-5-9-19(18)26)28(25(31)24(21)30)20-10-6-7-13-27-20/h4-14,22,29H,3H2,1-2H3/b23-21+. The van der Waals surface area contributed by atoms with Gasteiger partial charge in [-0.15, -0.1) is 0 Å². The number of ketones is 1. The first kappa shape index (κ1) is 21.2. The third-order valence-corrected chi connectivity index (χ3v) is 5.30. The first-order valence-electron chi connectivity index (χ1n) is 10.1. The van der Waals surface area contributed by atoms with Gasteiger partial charge in [0.15, 0.2) is 0 Å². The number of aryl methyl sites for hydroxylation is 1. The number of rotatable bonds is 5. The van der Waals surface area contributed by atoms with E-state index in [-0.39, 0.29) is 22.7 Å². The number of hydrogen-bond donors (Lipinski definition) is 1. The number of aliphatic hydroxyl groups is 1. The van der Waals surface area contributed by atoms with E-state index >= 15 is 0 Å². The molecular weight excluding hydrogens is 411 g/mol. The number of carbonyl (C=O) groups excluding carboxylic acids is 2. The Bertz CT molecular complexity index is 1220. The fourth-order valence-corrected chi connectivity index (χ4v) is 3.86. The largest absolute Gasteiger partial charge is 0.507 e. The number of carbonyl (C=O) groups is 2. The monoisotopic (exact) mass is 432 g/mol. The van der Waals surface area contributed by atoms with Crippen LogP contribution in [-0.2, 0) is 9.59 Å². The molecule has 2 aromatic carbocycles. The predicted molar refractivity (Wildman–Crippen MR) is 118 cm³/mol. The number of aromatic nitrogens is 1. The Labute approximate surface area is 184 Å². The Balaban J connectivity index is 1.94. The molecule has 0 bridgehead atoms. The molecule has 7 heteroatoms. The molecule has 6 nitrogen and oxygen atoms in total. The summed E-state index contributed by atoms with van der Waals surface area (Å²) in [6.07, 6.45) is 1.48. The molecule has 0 aliphatic carbocycles. The van der Waals surface area contributed by atoms with Crippen LogP contribution in [0.5, 0.6) is 5.75 Å². The lowest BCUT2D eigenvalue weighted by atomic mass is 9.93. The fourth-order valence-electron chi connectivity index (χ4n) is 3.86. The zero-order valence-electron chi connectivity index (χ0n) is 17.6.